The van der Waals surface area contributed by atoms with Gasteiger partial charge in [-0.2, -0.15) is 4.98 Å². The molecule has 5 nitrogen and oxygen atoms in total. The van der Waals surface area contributed by atoms with Crippen LogP contribution in [0.2, 0.25) is 0 Å². The van der Waals surface area contributed by atoms with Crippen LogP contribution in [-0.4, -0.2) is 53.6 Å². The van der Waals surface area contributed by atoms with Gasteiger partial charge in [0.2, 0.25) is 5.95 Å². The zero-order valence-corrected chi connectivity index (χ0v) is 21.0. The summed E-state index contributed by atoms with van der Waals surface area (Å²) in [4.78, 5) is 14.5. The number of piperidine rings is 1. The molecule has 1 aromatic heterocycles. The summed E-state index contributed by atoms with van der Waals surface area (Å²) in [5, 5.41) is 3.64. The van der Waals surface area contributed by atoms with Crippen molar-refractivity contribution in [3.8, 4) is 0 Å². The minimum Gasteiger partial charge on any atom is -0.356 e. The molecule has 33 heavy (non-hydrogen) atoms. The molecular formula is C28H45N5. The zero-order valence-electron chi connectivity index (χ0n) is 21.0. The van der Waals surface area contributed by atoms with E-state index in [0.717, 1.165) is 37.2 Å². The van der Waals surface area contributed by atoms with Gasteiger partial charge in [0.15, 0.2) is 0 Å². The van der Waals surface area contributed by atoms with E-state index in [-0.39, 0.29) is 0 Å². The quantitative estimate of drug-likeness (QED) is 0.487. The van der Waals surface area contributed by atoms with Crippen LogP contribution < -0.4 is 10.2 Å². The van der Waals surface area contributed by atoms with E-state index in [1.54, 1.807) is 5.57 Å². The van der Waals surface area contributed by atoms with Crippen LogP contribution in [0.4, 0.5) is 11.8 Å². The second-order valence-electron chi connectivity index (χ2n) is 10.7. The van der Waals surface area contributed by atoms with Crippen molar-refractivity contribution in [1.29, 1.82) is 0 Å². The zero-order chi connectivity index (χ0) is 22.9. The molecule has 0 spiro atoms. The molecule has 4 rings (SSSR count). The van der Waals surface area contributed by atoms with Crippen molar-refractivity contribution in [2.75, 3.05) is 42.9 Å². The van der Waals surface area contributed by atoms with Crippen LogP contribution in [0, 0.1) is 11.8 Å². The average Bonchev–Trinajstić information content (AvgIpc) is 3.11. The second kappa shape index (κ2) is 12.5. The Morgan fingerprint density at radius 2 is 1.85 bits per heavy atom. The summed E-state index contributed by atoms with van der Waals surface area (Å²) in [7, 11) is 0. The number of hydrogen-bond acceptors (Lipinski definition) is 5. The smallest absolute Gasteiger partial charge is 0.224 e. The van der Waals surface area contributed by atoms with Crippen LogP contribution in [0.5, 0.6) is 0 Å². The summed E-state index contributed by atoms with van der Waals surface area (Å²) >= 11 is 0. The molecule has 1 aliphatic carbocycles. The van der Waals surface area contributed by atoms with Gasteiger partial charge < -0.3 is 15.1 Å². The maximum Gasteiger partial charge on any atom is 0.224 e. The molecule has 1 atom stereocenters. The molecule has 2 aliphatic heterocycles. The van der Waals surface area contributed by atoms with Crippen molar-refractivity contribution in [1.82, 2.24) is 14.9 Å². The maximum absolute atomic E-state index is 4.86. The summed E-state index contributed by atoms with van der Waals surface area (Å²) < 4.78 is 0. The summed E-state index contributed by atoms with van der Waals surface area (Å²) in [6.07, 6.45) is 21.8. The van der Waals surface area contributed by atoms with E-state index in [2.05, 4.69) is 58.2 Å². The van der Waals surface area contributed by atoms with Gasteiger partial charge in [-0.3, -0.25) is 0 Å². The average molecular weight is 452 g/mol. The Bertz CT molecular complexity index is 770. The highest BCUT2D eigenvalue weighted by Crippen LogP contribution is 2.28. The summed E-state index contributed by atoms with van der Waals surface area (Å²) in [6, 6.07) is 2.57. The summed E-state index contributed by atoms with van der Waals surface area (Å²) in [5.41, 5.74) is 1.65. The van der Waals surface area contributed by atoms with Crippen molar-refractivity contribution in [2.45, 2.75) is 84.1 Å². The molecule has 1 aromatic rings. The lowest BCUT2D eigenvalue weighted by molar-refractivity contribution is 0.182. The number of nitrogens with one attached hydrogen (secondary N) is 1. The molecule has 0 amide bonds. The molecule has 2 saturated heterocycles. The van der Waals surface area contributed by atoms with Crippen LogP contribution >= 0.6 is 0 Å². The number of nitrogens with zero attached hydrogens (tertiary/aromatic N) is 4. The van der Waals surface area contributed by atoms with Gasteiger partial charge in [-0.25, -0.2) is 4.98 Å². The monoisotopic (exact) mass is 451 g/mol. The molecule has 1 N–H and O–H groups in total. The van der Waals surface area contributed by atoms with E-state index >= 15 is 0 Å². The molecule has 5 heteroatoms. The second-order valence-corrected chi connectivity index (χ2v) is 10.7. The summed E-state index contributed by atoms with van der Waals surface area (Å²) in [5.74, 6) is 3.40. The van der Waals surface area contributed by atoms with E-state index in [1.165, 1.54) is 77.4 Å². The number of anilines is 2. The van der Waals surface area contributed by atoms with Crippen LogP contribution in [0.3, 0.4) is 0 Å². The normalized spacial score (nSPS) is 23.7. The van der Waals surface area contributed by atoms with Gasteiger partial charge in [0.1, 0.15) is 5.82 Å². The van der Waals surface area contributed by atoms with E-state index in [9.17, 15) is 0 Å². The Kier molecular flexibility index (Phi) is 9.22. The fourth-order valence-corrected chi connectivity index (χ4v) is 5.49. The molecule has 0 aromatic carbocycles. The molecule has 2 fully saturated rings. The van der Waals surface area contributed by atoms with E-state index in [0.29, 0.717) is 12.0 Å². The number of hydrogen-bond donors (Lipinski definition) is 1. The van der Waals surface area contributed by atoms with Crippen LogP contribution in [0.15, 0.2) is 36.1 Å². The third-order valence-electron chi connectivity index (χ3n) is 7.52. The fraction of sp³-hybridized carbons (Fsp3) is 0.714. The first-order valence-electron chi connectivity index (χ1n) is 13.6. The molecular weight excluding hydrogens is 406 g/mol. The highest BCUT2D eigenvalue weighted by atomic mass is 15.2. The predicted octanol–water partition coefficient (Wildman–Crippen LogP) is 6.06. The first-order valence-corrected chi connectivity index (χ1v) is 13.6. The molecule has 3 heterocycles. The van der Waals surface area contributed by atoms with Gasteiger partial charge in [0.25, 0.3) is 0 Å². The Balaban J connectivity index is 1.18. The molecule has 0 radical (unpaired) electrons. The Morgan fingerprint density at radius 3 is 2.55 bits per heavy atom. The van der Waals surface area contributed by atoms with Crippen molar-refractivity contribution < 1.29 is 0 Å². The lowest BCUT2D eigenvalue weighted by atomic mass is 9.87. The van der Waals surface area contributed by atoms with E-state index in [1.807, 2.05) is 6.20 Å². The van der Waals surface area contributed by atoms with Gasteiger partial charge in [-0.1, -0.05) is 50.5 Å². The Morgan fingerprint density at radius 1 is 1.06 bits per heavy atom. The molecule has 0 saturated carbocycles. The predicted molar refractivity (Wildman–Crippen MR) is 140 cm³/mol. The highest BCUT2D eigenvalue weighted by Gasteiger charge is 2.23. The van der Waals surface area contributed by atoms with Crippen molar-refractivity contribution in [2.24, 2.45) is 11.8 Å². The lowest BCUT2D eigenvalue weighted by Crippen LogP contribution is -2.41. The minimum atomic E-state index is 0.492. The molecule has 182 valence electrons. The first-order chi connectivity index (χ1) is 16.2. The van der Waals surface area contributed by atoms with Gasteiger partial charge in [0, 0.05) is 45.0 Å². The van der Waals surface area contributed by atoms with Crippen LogP contribution in [0.1, 0.15) is 78.1 Å². The number of aromatic nitrogens is 2. The Labute approximate surface area is 201 Å². The SMILES string of the molecule is CC(C)/C=C/CC1=CCC(CN2CCC(Nc3nccc(N4CCCCCC4)n3)CC2)CC1. The van der Waals surface area contributed by atoms with Crippen molar-refractivity contribution >= 4 is 11.8 Å². The van der Waals surface area contributed by atoms with E-state index < -0.39 is 0 Å². The number of likely N-dealkylation sites (tertiary alicyclic amines) is 1. The molecule has 0 bridgehead atoms. The van der Waals surface area contributed by atoms with Gasteiger partial charge in [-0.15, -0.1) is 0 Å². The summed E-state index contributed by atoms with van der Waals surface area (Å²) in [6.45, 7) is 10.4. The van der Waals surface area contributed by atoms with E-state index in [4.69, 9.17) is 4.98 Å². The Hall–Kier alpha value is -1.88. The molecule has 3 aliphatic rings. The topological polar surface area (TPSA) is 44.3 Å². The van der Waals surface area contributed by atoms with Crippen molar-refractivity contribution in [3.05, 3.63) is 36.1 Å². The lowest BCUT2D eigenvalue weighted by Gasteiger charge is -2.35. The number of rotatable bonds is 8. The standard InChI is InChI=1S/C28H45N5/c1-23(2)8-7-9-24-10-12-25(13-11-24)22-32-20-15-26(16-21-32)30-28-29-17-14-27(31-28)33-18-5-3-4-6-19-33/h7-8,10,14,17,23,25-26H,3-6,9,11-13,15-16,18-22H2,1-2H3,(H,29,30,31)/b8-7+. The van der Waals surface area contributed by atoms with Crippen LogP contribution in [0.25, 0.3) is 0 Å². The minimum absolute atomic E-state index is 0.492. The van der Waals surface area contributed by atoms with Crippen LogP contribution in [-0.2, 0) is 0 Å². The van der Waals surface area contributed by atoms with Gasteiger partial charge in [0.05, 0.1) is 0 Å². The highest BCUT2D eigenvalue weighted by molar-refractivity contribution is 5.43. The number of allylic oxidation sites excluding steroid dienone is 4. The van der Waals surface area contributed by atoms with Gasteiger partial charge >= 0.3 is 0 Å². The van der Waals surface area contributed by atoms with Crippen molar-refractivity contribution in [3.63, 3.8) is 0 Å². The molecule has 1 unspecified atom stereocenters. The third kappa shape index (κ3) is 7.84. The third-order valence-corrected chi connectivity index (χ3v) is 7.52. The fourth-order valence-electron chi connectivity index (χ4n) is 5.49. The van der Waals surface area contributed by atoms with Gasteiger partial charge in [-0.05, 0) is 69.3 Å². The maximum atomic E-state index is 4.86. The largest absolute Gasteiger partial charge is 0.356 e. The first kappa shape index (κ1) is 24.3.